The molecule has 0 amide bonds. The number of rotatable bonds is 8. The molecule has 0 spiro atoms. The van der Waals surface area contributed by atoms with Crippen LogP contribution in [0.1, 0.15) is 13.3 Å². The average Bonchev–Trinajstić information content (AvgIpc) is 2.46. The van der Waals surface area contributed by atoms with Crippen molar-refractivity contribution in [3.05, 3.63) is 18.2 Å². The van der Waals surface area contributed by atoms with Gasteiger partial charge in [-0.3, -0.25) is 0 Å². The second-order valence-electron chi connectivity index (χ2n) is 4.14. The highest BCUT2D eigenvalue weighted by molar-refractivity contribution is 7.89. The summed E-state index contributed by atoms with van der Waals surface area (Å²) in [6.07, 6.45) is 0.658. The molecule has 0 aliphatic carbocycles. The molecule has 0 saturated carbocycles. The molecular weight excluding hydrogens is 282 g/mol. The van der Waals surface area contributed by atoms with Gasteiger partial charge in [-0.25, -0.2) is 8.42 Å². The number of methoxy groups -OCH3 is 2. The zero-order chi connectivity index (χ0) is 15.2. The minimum absolute atomic E-state index is 0.0428. The quantitative estimate of drug-likeness (QED) is 0.778. The van der Waals surface area contributed by atoms with Crippen LogP contribution in [0.5, 0.6) is 11.5 Å². The van der Waals surface area contributed by atoms with Gasteiger partial charge in [0.25, 0.3) is 0 Å². The summed E-state index contributed by atoms with van der Waals surface area (Å²) in [6.45, 7) is 2.04. The van der Waals surface area contributed by atoms with E-state index in [1.54, 1.807) is 12.1 Å². The second kappa shape index (κ2) is 7.47. The molecule has 0 saturated heterocycles. The van der Waals surface area contributed by atoms with E-state index in [0.29, 0.717) is 18.7 Å². The number of ether oxygens (including phenoxy) is 2. The van der Waals surface area contributed by atoms with E-state index in [2.05, 4.69) is 0 Å². The lowest BCUT2D eigenvalue weighted by Gasteiger charge is -2.22. The third-order valence-corrected chi connectivity index (χ3v) is 4.73. The van der Waals surface area contributed by atoms with Gasteiger partial charge in [-0.05, 0) is 18.6 Å². The van der Waals surface area contributed by atoms with Gasteiger partial charge >= 0.3 is 0 Å². The fraction of sp³-hybridized carbons (Fsp3) is 0.538. The Hall–Kier alpha value is -1.31. The van der Waals surface area contributed by atoms with Crippen molar-refractivity contribution in [3.8, 4) is 11.5 Å². The Morgan fingerprint density at radius 1 is 1.20 bits per heavy atom. The van der Waals surface area contributed by atoms with E-state index in [0.717, 1.165) is 0 Å². The fourth-order valence-electron chi connectivity index (χ4n) is 1.84. The van der Waals surface area contributed by atoms with E-state index < -0.39 is 10.0 Å². The third kappa shape index (κ3) is 3.62. The van der Waals surface area contributed by atoms with Crippen LogP contribution in [-0.4, -0.2) is 51.7 Å². The second-order valence-corrected chi connectivity index (χ2v) is 6.05. The first-order chi connectivity index (χ1) is 9.51. The van der Waals surface area contributed by atoms with Gasteiger partial charge in [0.05, 0.1) is 20.8 Å². The van der Waals surface area contributed by atoms with Crippen molar-refractivity contribution in [2.45, 2.75) is 18.2 Å². The van der Waals surface area contributed by atoms with E-state index in [1.807, 2.05) is 6.92 Å². The highest BCUT2D eigenvalue weighted by atomic mass is 32.2. The van der Waals surface area contributed by atoms with Gasteiger partial charge in [-0.1, -0.05) is 6.92 Å². The molecule has 7 heteroatoms. The predicted octanol–water partition coefficient (Wildman–Crippen LogP) is 1.10. The van der Waals surface area contributed by atoms with Crippen LogP contribution >= 0.6 is 0 Å². The summed E-state index contributed by atoms with van der Waals surface area (Å²) in [5, 5.41) is 9.04. The Kier molecular flexibility index (Phi) is 6.25. The zero-order valence-electron chi connectivity index (χ0n) is 12.0. The number of hydrogen-bond acceptors (Lipinski definition) is 5. The molecule has 0 bridgehead atoms. The molecule has 6 nitrogen and oxygen atoms in total. The minimum Gasteiger partial charge on any atom is -0.497 e. The first kappa shape index (κ1) is 16.7. The molecule has 0 aliphatic rings. The molecule has 0 heterocycles. The van der Waals surface area contributed by atoms with Crippen molar-refractivity contribution in [1.82, 2.24) is 4.31 Å². The topological polar surface area (TPSA) is 76.1 Å². The monoisotopic (exact) mass is 303 g/mol. The summed E-state index contributed by atoms with van der Waals surface area (Å²) in [7, 11) is -0.851. The molecule has 1 aromatic carbocycles. The fourth-order valence-corrected chi connectivity index (χ4v) is 3.53. The van der Waals surface area contributed by atoms with E-state index >= 15 is 0 Å². The van der Waals surface area contributed by atoms with Gasteiger partial charge in [0.1, 0.15) is 16.4 Å². The van der Waals surface area contributed by atoms with Crippen LogP contribution in [-0.2, 0) is 10.0 Å². The molecule has 1 aromatic rings. The lowest BCUT2D eigenvalue weighted by atomic mass is 10.3. The van der Waals surface area contributed by atoms with Crippen molar-refractivity contribution in [3.63, 3.8) is 0 Å². The largest absolute Gasteiger partial charge is 0.497 e. The van der Waals surface area contributed by atoms with Crippen LogP contribution in [0.4, 0.5) is 0 Å². The van der Waals surface area contributed by atoms with Crippen LogP contribution in [0.2, 0.25) is 0 Å². The first-order valence-corrected chi connectivity index (χ1v) is 7.78. The SMILES string of the molecule is CCCN(CCO)S(=O)(=O)c1cc(OC)ccc1OC. The Morgan fingerprint density at radius 3 is 2.40 bits per heavy atom. The Morgan fingerprint density at radius 2 is 1.90 bits per heavy atom. The summed E-state index contributed by atoms with van der Waals surface area (Å²) in [4.78, 5) is 0.0428. The van der Waals surface area contributed by atoms with Crippen LogP contribution < -0.4 is 9.47 Å². The lowest BCUT2D eigenvalue weighted by molar-refractivity contribution is 0.253. The van der Waals surface area contributed by atoms with E-state index in [1.165, 1.54) is 24.6 Å². The van der Waals surface area contributed by atoms with Crippen molar-refractivity contribution in [2.75, 3.05) is 33.9 Å². The van der Waals surface area contributed by atoms with Gasteiger partial charge < -0.3 is 14.6 Å². The van der Waals surface area contributed by atoms with E-state index in [-0.39, 0.29) is 23.8 Å². The molecule has 0 atom stereocenters. The normalized spacial score (nSPS) is 11.7. The first-order valence-electron chi connectivity index (χ1n) is 6.34. The number of aliphatic hydroxyl groups is 1. The number of benzene rings is 1. The lowest BCUT2D eigenvalue weighted by Crippen LogP contribution is -2.34. The Labute approximate surface area is 120 Å². The molecule has 0 unspecified atom stereocenters. The maximum Gasteiger partial charge on any atom is 0.246 e. The summed E-state index contributed by atoms with van der Waals surface area (Å²) in [6, 6.07) is 4.61. The van der Waals surface area contributed by atoms with Crippen molar-refractivity contribution in [2.24, 2.45) is 0 Å². The van der Waals surface area contributed by atoms with Crippen molar-refractivity contribution < 1.29 is 23.0 Å². The molecule has 0 radical (unpaired) electrons. The highest BCUT2D eigenvalue weighted by Crippen LogP contribution is 2.30. The summed E-state index contributed by atoms with van der Waals surface area (Å²) >= 11 is 0. The molecule has 20 heavy (non-hydrogen) atoms. The molecule has 0 aromatic heterocycles. The molecule has 0 aliphatic heterocycles. The maximum atomic E-state index is 12.6. The van der Waals surface area contributed by atoms with Gasteiger partial charge in [0.15, 0.2) is 0 Å². The molecule has 1 rings (SSSR count). The molecular formula is C13H21NO5S. The average molecular weight is 303 g/mol. The number of sulfonamides is 1. The summed E-state index contributed by atoms with van der Waals surface area (Å²) < 4.78 is 36.7. The van der Waals surface area contributed by atoms with E-state index in [4.69, 9.17) is 14.6 Å². The number of nitrogens with zero attached hydrogens (tertiary/aromatic N) is 1. The smallest absolute Gasteiger partial charge is 0.246 e. The van der Waals surface area contributed by atoms with Crippen LogP contribution in [0, 0.1) is 0 Å². The van der Waals surface area contributed by atoms with Gasteiger partial charge in [0.2, 0.25) is 10.0 Å². The van der Waals surface area contributed by atoms with E-state index in [9.17, 15) is 8.42 Å². The molecule has 114 valence electrons. The van der Waals surface area contributed by atoms with Crippen molar-refractivity contribution >= 4 is 10.0 Å². The van der Waals surface area contributed by atoms with Crippen molar-refractivity contribution in [1.29, 1.82) is 0 Å². The standard InChI is InChI=1S/C13H21NO5S/c1-4-7-14(8-9-15)20(16,17)13-10-11(18-2)5-6-12(13)19-3/h5-6,10,15H,4,7-9H2,1-3H3. The van der Waals surface area contributed by atoms with Crippen LogP contribution in [0.25, 0.3) is 0 Å². The van der Waals surface area contributed by atoms with Gasteiger partial charge in [-0.2, -0.15) is 4.31 Å². The van der Waals surface area contributed by atoms with Gasteiger partial charge in [-0.15, -0.1) is 0 Å². The molecule has 0 fully saturated rings. The zero-order valence-corrected chi connectivity index (χ0v) is 12.8. The highest BCUT2D eigenvalue weighted by Gasteiger charge is 2.27. The third-order valence-electron chi connectivity index (χ3n) is 2.81. The molecule has 1 N–H and O–H groups in total. The predicted molar refractivity (Wildman–Crippen MR) is 75.7 cm³/mol. The Balaban J connectivity index is 3.30. The minimum atomic E-state index is -3.73. The van der Waals surface area contributed by atoms with Crippen LogP contribution in [0.15, 0.2) is 23.1 Å². The number of aliphatic hydroxyl groups excluding tert-OH is 1. The van der Waals surface area contributed by atoms with Crippen LogP contribution in [0.3, 0.4) is 0 Å². The Bertz CT molecular complexity index is 524. The summed E-state index contributed by atoms with van der Waals surface area (Å²) in [5.41, 5.74) is 0. The maximum absolute atomic E-state index is 12.6. The summed E-state index contributed by atoms with van der Waals surface area (Å²) in [5.74, 6) is 0.690. The van der Waals surface area contributed by atoms with Gasteiger partial charge in [0, 0.05) is 19.2 Å². The number of hydrogen-bond donors (Lipinski definition) is 1.